The van der Waals surface area contributed by atoms with Gasteiger partial charge in [0.25, 0.3) is 10.0 Å². The minimum absolute atomic E-state index is 0.0508. The first-order valence-corrected chi connectivity index (χ1v) is 12.4. The van der Waals surface area contributed by atoms with Gasteiger partial charge in [-0.05, 0) is 41.3 Å². The normalized spacial score (nSPS) is 14.6. The highest BCUT2D eigenvalue weighted by atomic mass is 35.5. The Hall–Kier alpha value is -1.84. The third-order valence-electron chi connectivity index (χ3n) is 4.89. The number of carbonyl (C=O) groups is 1. The van der Waals surface area contributed by atoms with Crippen molar-refractivity contribution < 1.29 is 13.2 Å². The minimum Gasteiger partial charge on any atom is -0.368 e. The molecule has 7 nitrogen and oxygen atoms in total. The van der Waals surface area contributed by atoms with Gasteiger partial charge in [-0.3, -0.25) is 9.69 Å². The molecule has 0 saturated heterocycles. The quantitative estimate of drug-likeness (QED) is 0.261. The summed E-state index contributed by atoms with van der Waals surface area (Å²) in [4.78, 5) is 15.3. The van der Waals surface area contributed by atoms with E-state index < -0.39 is 15.0 Å². The molecule has 1 N–H and O–H groups in total. The van der Waals surface area contributed by atoms with E-state index in [1.54, 1.807) is 49.3 Å². The largest absolute Gasteiger partial charge is 0.368 e. The Morgan fingerprint density at radius 2 is 2.00 bits per heavy atom. The van der Waals surface area contributed by atoms with Crippen LogP contribution in [-0.4, -0.2) is 56.1 Å². The van der Waals surface area contributed by atoms with Gasteiger partial charge >= 0.3 is 0 Å². The van der Waals surface area contributed by atoms with Gasteiger partial charge in [-0.2, -0.15) is 8.42 Å². The van der Waals surface area contributed by atoms with Crippen LogP contribution < -0.4 is 5.32 Å². The summed E-state index contributed by atoms with van der Waals surface area (Å²) in [5.41, 5.74) is 2.39. The standard InChI is InChI=1S/C21H23Cl3N4O3S/c1-27(2)13-25-32(30,31)19-11-16(9-15-12-28(21(23)24)8-7-17(15)19)26-20(29)10-14-5-3-4-6-18(14)22/h3-6,9,11,13,21H,7-8,10,12H2,1-2H3,(H,26,29)/b25-13+. The van der Waals surface area contributed by atoms with Crippen molar-refractivity contribution in [3.8, 4) is 0 Å². The molecule has 11 heteroatoms. The van der Waals surface area contributed by atoms with Crippen LogP contribution in [0.15, 0.2) is 45.7 Å². The van der Waals surface area contributed by atoms with Gasteiger partial charge in [-0.25, -0.2) is 0 Å². The molecule has 32 heavy (non-hydrogen) atoms. The molecule has 0 aliphatic carbocycles. The van der Waals surface area contributed by atoms with E-state index >= 15 is 0 Å². The number of amides is 1. The number of fused-ring (bicyclic) bond motifs is 1. The molecule has 0 fully saturated rings. The van der Waals surface area contributed by atoms with Crippen LogP contribution in [0.5, 0.6) is 0 Å². The third kappa shape index (κ3) is 6.14. The lowest BCUT2D eigenvalue weighted by molar-refractivity contribution is -0.115. The van der Waals surface area contributed by atoms with Crippen molar-refractivity contribution in [2.45, 2.75) is 29.2 Å². The molecule has 0 unspecified atom stereocenters. The molecule has 1 amide bonds. The highest BCUT2D eigenvalue weighted by molar-refractivity contribution is 7.90. The van der Waals surface area contributed by atoms with Gasteiger partial charge in [0.2, 0.25) is 5.91 Å². The highest BCUT2D eigenvalue weighted by Gasteiger charge is 2.28. The summed E-state index contributed by atoms with van der Waals surface area (Å²) >= 11 is 18.2. The third-order valence-corrected chi connectivity index (χ3v) is 7.10. The summed E-state index contributed by atoms with van der Waals surface area (Å²) in [7, 11) is -0.629. The summed E-state index contributed by atoms with van der Waals surface area (Å²) in [6.45, 7) is 0.851. The van der Waals surface area contributed by atoms with Crippen LogP contribution >= 0.6 is 34.8 Å². The predicted molar refractivity (Wildman–Crippen MR) is 129 cm³/mol. The second-order valence-corrected chi connectivity index (χ2v) is 10.6. The van der Waals surface area contributed by atoms with Crippen LogP contribution in [0.2, 0.25) is 5.02 Å². The molecule has 0 atom stereocenters. The Kier molecular flexibility index (Phi) is 8.06. The Bertz CT molecular complexity index is 1140. The molecule has 1 aliphatic rings. The van der Waals surface area contributed by atoms with Crippen LogP contribution in [-0.2, 0) is 34.2 Å². The number of benzene rings is 2. The first-order valence-electron chi connectivity index (χ1n) is 9.75. The maximum atomic E-state index is 13.0. The molecule has 3 rings (SSSR count). The summed E-state index contributed by atoms with van der Waals surface area (Å²) in [5.74, 6) is -0.321. The van der Waals surface area contributed by atoms with Crippen molar-refractivity contribution in [3.05, 3.63) is 58.1 Å². The Balaban J connectivity index is 1.97. The number of carbonyl (C=O) groups excluding carboxylic acids is 1. The van der Waals surface area contributed by atoms with E-state index in [9.17, 15) is 13.2 Å². The first kappa shape index (κ1) is 24.8. The van der Waals surface area contributed by atoms with Gasteiger partial charge in [-0.15, -0.1) is 4.40 Å². The van der Waals surface area contributed by atoms with E-state index in [0.717, 1.165) is 5.56 Å². The number of hydrogen-bond donors (Lipinski definition) is 1. The summed E-state index contributed by atoms with van der Waals surface area (Å²) in [6, 6.07) is 10.2. The van der Waals surface area contributed by atoms with Crippen LogP contribution in [0.4, 0.5) is 5.69 Å². The fraction of sp³-hybridized carbons (Fsp3) is 0.333. The van der Waals surface area contributed by atoms with E-state index in [-0.39, 0.29) is 17.2 Å². The van der Waals surface area contributed by atoms with Crippen molar-refractivity contribution >= 4 is 62.8 Å². The number of nitrogens with zero attached hydrogens (tertiary/aromatic N) is 3. The highest BCUT2D eigenvalue weighted by Crippen LogP contribution is 2.32. The SMILES string of the molecule is CN(C)/C=N/S(=O)(=O)c1cc(NC(=O)Cc2ccccc2Cl)cc2c1CCN(C(Cl)Cl)C2. The van der Waals surface area contributed by atoms with E-state index in [1.165, 1.54) is 17.3 Å². The van der Waals surface area contributed by atoms with Gasteiger partial charge in [0.05, 0.1) is 11.3 Å². The number of halogens is 3. The summed E-state index contributed by atoms with van der Waals surface area (Å²) < 4.78 is 29.7. The average molecular weight is 518 g/mol. The molecular formula is C21H23Cl3N4O3S. The van der Waals surface area contributed by atoms with E-state index in [2.05, 4.69) is 9.71 Å². The van der Waals surface area contributed by atoms with Gasteiger partial charge in [0.1, 0.15) is 6.34 Å². The lowest BCUT2D eigenvalue weighted by Gasteiger charge is -2.30. The topological polar surface area (TPSA) is 82.1 Å². The van der Waals surface area contributed by atoms with Gasteiger partial charge < -0.3 is 10.2 Å². The molecular weight excluding hydrogens is 495 g/mol. The number of nitrogens with one attached hydrogen (secondary N) is 1. The smallest absolute Gasteiger partial charge is 0.284 e. The second kappa shape index (κ2) is 10.4. The molecule has 1 heterocycles. The molecule has 0 aromatic heterocycles. The number of rotatable bonds is 7. The van der Waals surface area contributed by atoms with Crippen molar-refractivity contribution in [1.82, 2.24) is 9.80 Å². The molecule has 2 aromatic rings. The molecule has 0 saturated carbocycles. The molecule has 2 aromatic carbocycles. The maximum absolute atomic E-state index is 13.0. The number of alkyl halides is 2. The zero-order valence-corrected chi connectivity index (χ0v) is 20.6. The van der Waals surface area contributed by atoms with Crippen molar-refractivity contribution in [1.29, 1.82) is 0 Å². The molecule has 172 valence electrons. The summed E-state index contributed by atoms with van der Waals surface area (Å²) in [5, 5.41) is 3.27. The van der Waals surface area contributed by atoms with Crippen LogP contribution in [0, 0.1) is 0 Å². The summed E-state index contributed by atoms with van der Waals surface area (Å²) in [6.07, 6.45) is 1.72. The lowest BCUT2D eigenvalue weighted by atomic mass is 9.99. The monoisotopic (exact) mass is 516 g/mol. The van der Waals surface area contributed by atoms with E-state index in [1.807, 2.05) is 0 Å². The zero-order valence-electron chi connectivity index (χ0n) is 17.6. The Labute approximate surface area is 203 Å². The van der Waals surface area contributed by atoms with Crippen LogP contribution in [0.25, 0.3) is 0 Å². The van der Waals surface area contributed by atoms with Crippen molar-refractivity contribution in [3.63, 3.8) is 0 Å². The second-order valence-electron chi connectivity index (χ2n) is 7.59. The Morgan fingerprint density at radius 3 is 2.66 bits per heavy atom. The molecule has 0 bridgehead atoms. The number of hydrogen-bond acceptors (Lipinski definition) is 4. The predicted octanol–water partition coefficient (Wildman–Crippen LogP) is 3.92. The lowest BCUT2D eigenvalue weighted by Crippen LogP contribution is -2.34. The van der Waals surface area contributed by atoms with Crippen molar-refractivity contribution in [2.75, 3.05) is 26.0 Å². The van der Waals surface area contributed by atoms with Gasteiger partial charge in [0.15, 0.2) is 4.96 Å². The molecule has 1 aliphatic heterocycles. The molecule has 0 radical (unpaired) electrons. The van der Waals surface area contributed by atoms with Crippen LogP contribution in [0.1, 0.15) is 16.7 Å². The Morgan fingerprint density at radius 1 is 1.28 bits per heavy atom. The van der Waals surface area contributed by atoms with Crippen molar-refractivity contribution in [2.24, 2.45) is 4.40 Å². The van der Waals surface area contributed by atoms with E-state index in [0.29, 0.717) is 41.3 Å². The minimum atomic E-state index is -3.99. The van der Waals surface area contributed by atoms with E-state index in [4.69, 9.17) is 34.8 Å². The fourth-order valence-corrected chi connectivity index (χ4v) is 5.17. The van der Waals surface area contributed by atoms with Crippen LogP contribution in [0.3, 0.4) is 0 Å². The average Bonchev–Trinajstić information content (AvgIpc) is 2.73. The number of sulfonamides is 1. The fourth-order valence-electron chi connectivity index (χ4n) is 3.38. The zero-order chi connectivity index (χ0) is 23.5. The van der Waals surface area contributed by atoms with Gasteiger partial charge in [-0.1, -0.05) is 53.0 Å². The molecule has 0 spiro atoms. The number of anilines is 1. The maximum Gasteiger partial charge on any atom is 0.284 e. The van der Waals surface area contributed by atoms with Gasteiger partial charge in [0, 0.05) is 37.9 Å². The first-order chi connectivity index (χ1) is 15.1.